The van der Waals surface area contributed by atoms with Crippen LogP contribution in [-0.4, -0.2) is 38.3 Å². The second-order valence-corrected chi connectivity index (χ2v) is 5.31. The molecule has 1 aliphatic rings. The molecular formula is C18H16FNO6. The SMILES string of the molecule is O=C(COC(=O)COc1ccc(F)cc1)Nc1ccc2c(c1)OCCO2. The van der Waals surface area contributed by atoms with Crippen molar-refractivity contribution in [1.82, 2.24) is 0 Å². The van der Waals surface area contributed by atoms with Crippen molar-refractivity contribution in [2.75, 3.05) is 31.7 Å². The molecule has 1 N–H and O–H groups in total. The van der Waals surface area contributed by atoms with Gasteiger partial charge in [0, 0.05) is 11.8 Å². The first-order valence-corrected chi connectivity index (χ1v) is 7.83. The van der Waals surface area contributed by atoms with Gasteiger partial charge in [0.1, 0.15) is 24.8 Å². The van der Waals surface area contributed by atoms with Gasteiger partial charge in [0.15, 0.2) is 24.7 Å². The highest BCUT2D eigenvalue weighted by molar-refractivity contribution is 5.93. The van der Waals surface area contributed by atoms with Crippen molar-refractivity contribution in [3.05, 3.63) is 48.3 Å². The molecule has 0 aromatic heterocycles. The quantitative estimate of drug-likeness (QED) is 0.794. The summed E-state index contributed by atoms with van der Waals surface area (Å²) in [6, 6.07) is 10.2. The van der Waals surface area contributed by atoms with E-state index in [9.17, 15) is 14.0 Å². The first-order valence-electron chi connectivity index (χ1n) is 7.83. The fourth-order valence-corrected chi connectivity index (χ4v) is 2.18. The summed E-state index contributed by atoms with van der Waals surface area (Å²) in [4.78, 5) is 23.4. The summed E-state index contributed by atoms with van der Waals surface area (Å²) < 4.78 is 33.5. The Morgan fingerprint density at radius 2 is 1.73 bits per heavy atom. The van der Waals surface area contributed by atoms with Crippen LogP contribution in [0.4, 0.5) is 10.1 Å². The van der Waals surface area contributed by atoms with Gasteiger partial charge in [-0.15, -0.1) is 0 Å². The number of fused-ring (bicyclic) bond motifs is 1. The van der Waals surface area contributed by atoms with E-state index in [-0.39, 0.29) is 6.61 Å². The van der Waals surface area contributed by atoms with Crippen molar-refractivity contribution < 1.29 is 32.9 Å². The third-order valence-corrected chi connectivity index (χ3v) is 3.36. The molecule has 0 spiro atoms. The first-order chi connectivity index (χ1) is 12.6. The van der Waals surface area contributed by atoms with Crippen LogP contribution in [0.25, 0.3) is 0 Å². The predicted octanol–water partition coefficient (Wildman–Crippen LogP) is 2.16. The van der Waals surface area contributed by atoms with Crippen molar-refractivity contribution in [2.45, 2.75) is 0 Å². The van der Waals surface area contributed by atoms with Gasteiger partial charge in [0.25, 0.3) is 5.91 Å². The van der Waals surface area contributed by atoms with E-state index in [1.807, 2.05) is 0 Å². The monoisotopic (exact) mass is 361 g/mol. The fraction of sp³-hybridized carbons (Fsp3) is 0.222. The molecule has 2 aromatic carbocycles. The van der Waals surface area contributed by atoms with Gasteiger partial charge in [0.2, 0.25) is 0 Å². The molecule has 3 rings (SSSR count). The highest BCUT2D eigenvalue weighted by Gasteiger charge is 2.14. The molecule has 1 aliphatic heterocycles. The second-order valence-electron chi connectivity index (χ2n) is 5.31. The van der Waals surface area contributed by atoms with Gasteiger partial charge in [-0.2, -0.15) is 0 Å². The zero-order chi connectivity index (χ0) is 18.4. The number of amides is 1. The van der Waals surface area contributed by atoms with E-state index >= 15 is 0 Å². The van der Waals surface area contributed by atoms with E-state index in [4.69, 9.17) is 18.9 Å². The average Bonchev–Trinajstić information content (AvgIpc) is 2.66. The number of carbonyl (C=O) groups is 2. The number of carbonyl (C=O) groups excluding carboxylic acids is 2. The number of halogens is 1. The Balaban J connectivity index is 1.42. The molecular weight excluding hydrogens is 345 g/mol. The number of benzene rings is 2. The Bertz CT molecular complexity index is 793. The lowest BCUT2D eigenvalue weighted by atomic mass is 10.2. The highest BCUT2D eigenvalue weighted by Crippen LogP contribution is 2.32. The lowest BCUT2D eigenvalue weighted by molar-refractivity contribution is -0.149. The van der Waals surface area contributed by atoms with E-state index in [2.05, 4.69) is 5.32 Å². The summed E-state index contributed by atoms with van der Waals surface area (Å²) in [5.41, 5.74) is 0.498. The fourth-order valence-electron chi connectivity index (χ4n) is 2.18. The molecule has 7 nitrogen and oxygen atoms in total. The molecule has 2 aromatic rings. The molecule has 0 bridgehead atoms. The molecule has 0 radical (unpaired) electrons. The van der Waals surface area contributed by atoms with Gasteiger partial charge >= 0.3 is 5.97 Å². The number of nitrogens with one attached hydrogen (secondary N) is 1. The van der Waals surface area contributed by atoms with Gasteiger partial charge < -0.3 is 24.3 Å². The van der Waals surface area contributed by atoms with Crippen molar-refractivity contribution in [2.24, 2.45) is 0 Å². The second kappa shape index (κ2) is 8.19. The minimum absolute atomic E-state index is 0.323. The van der Waals surface area contributed by atoms with Crippen LogP contribution in [0.15, 0.2) is 42.5 Å². The molecule has 0 saturated carbocycles. The summed E-state index contributed by atoms with van der Waals surface area (Å²) in [5.74, 6) is -0.152. The number of hydrogen-bond donors (Lipinski definition) is 1. The van der Waals surface area contributed by atoms with E-state index in [0.717, 1.165) is 0 Å². The van der Waals surface area contributed by atoms with E-state index < -0.39 is 24.3 Å². The van der Waals surface area contributed by atoms with Gasteiger partial charge in [0.05, 0.1) is 0 Å². The maximum atomic E-state index is 12.8. The van der Waals surface area contributed by atoms with Crippen molar-refractivity contribution in [1.29, 1.82) is 0 Å². The summed E-state index contributed by atoms with van der Waals surface area (Å²) in [7, 11) is 0. The van der Waals surface area contributed by atoms with Gasteiger partial charge in [-0.05, 0) is 36.4 Å². The number of esters is 1. The van der Waals surface area contributed by atoms with Crippen LogP contribution in [0.3, 0.4) is 0 Å². The van der Waals surface area contributed by atoms with Crippen LogP contribution in [0, 0.1) is 5.82 Å². The molecule has 26 heavy (non-hydrogen) atoms. The minimum atomic E-state index is -0.716. The molecule has 1 heterocycles. The first kappa shape index (κ1) is 17.5. The summed E-state index contributed by atoms with van der Waals surface area (Å²) in [6.07, 6.45) is 0. The Morgan fingerprint density at radius 3 is 2.50 bits per heavy atom. The molecule has 1 amide bonds. The van der Waals surface area contributed by atoms with Crippen LogP contribution in [0.5, 0.6) is 17.2 Å². The van der Waals surface area contributed by atoms with Crippen LogP contribution >= 0.6 is 0 Å². The summed E-state index contributed by atoms with van der Waals surface area (Å²) in [5, 5.41) is 2.59. The molecule has 0 unspecified atom stereocenters. The number of anilines is 1. The van der Waals surface area contributed by atoms with Crippen molar-refractivity contribution in [3.63, 3.8) is 0 Å². The van der Waals surface area contributed by atoms with E-state index in [1.54, 1.807) is 18.2 Å². The Kier molecular flexibility index (Phi) is 5.52. The molecule has 0 aliphatic carbocycles. The minimum Gasteiger partial charge on any atom is -0.486 e. The van der Waals surface area contributed by atoms with Crippen LogP contribution in [-0.2, 0) is 14.3 Å². The third kappa shape index (κ3) is 4.85. The van der Waals surface area contributed by atoms with E-state index in [0.29, 0.717) is 36.1 Å². The smallest absolute Gasteiger partial charge is 0.344 e. The molecule has 8 heteroatoms. The lowest BCUT2D eigenvalue weighted by Crippen LogP contribution is -2.23. The topological polar surface area (TPSA) is 83.1 Å². The summed E-state index contributed by atoms with van der Waals surface area (Å²) >= 11 is 0. The van der Waals surface area contributed by atoms with Crippen LogP contribution < -0.4 is 19.5 Å². The third-order valence-electron chi connectivity index (χ3n) is 3.36. The maximum Gasteiger partial charge on any atom is 0.344 e. The summed E-state index contributed by atoms with van der Waals surface area (Å²) in [6.45, 7) is 0.0771. The van der Waals surface area contributed by atoms with Crippen molar-refractivity contribution >= 4 is 17.6 Å². The largest absolute Gasteiger partial charge is 0.486 e. The van der Waals surface area contributed by atoms with Gasteiger partial charge in [-0.25, -0.2) is 9.18 Å². The zero-order valence-corrected chi connectivity index (χ0v) is 13.7. The van der Waals surface area contributed by atoms with Crippen LogP contribution in [0.1, 0.15) is 0 Å². The Morgan fingerprint density at radius 1 is 1.00 bits per heavy atom. The Labute approximate surface area is 148 Å². The zero-order valence-electron chi connectivity index (χ0n) is 13.7. The number of hydrogen-bond acceptors (Lipinski definition) is 6. The van der Waals surface area contributed by atoms with Gasteiger partial charge in [-0.1, -0.05) is 0 Å². The molecule has 0 saturated heterocycles. The lowest BCUT2D eigenvalue weighted by Gasteiger charge is -2.19. The highest BCUT2D eigenvalue weighted by atomic mass is 19.1. The molecule has 136 valence electrons. The average molecular weight is 361 g/mol. The van der Waals surface area contributed by atoms with Gasteiger partial charge in [-0.3, -0.25) is 4.79 Å². The standard InChI is InChI=1S/C18H16FNO6/c19-12-1-4-14(5-2-12)25-11-18(22)26-10-17(21)20-13-3-6-15-16(9-13)24-8-7-23-15/h1-6,9H,7-8,10-11H2,(H,20,21). The number of rotatable bonds is 6. The van der Waals surface area contributed by atoms with Crippen molar-refractivity contribution in [3.8, 4) is 17.2 Å². The number of ether oxygens (including phenoxy) is 4. The molecule has 0 fully saturated rings. The molecule has 0 atom stereocenters. The maximum absolute atomic E-state index is 12.8. The predicted molar refractivity (Wildman–Crippen MR) is 88.9 cm³/mol. The Hall–Kier alpha value is -3.29. The van der Waals surface area contributed by atoms with Crippen LogP contribution in [0.2, 0.25) is 0 Å². The van der Waals surface area contributed by atoms with E-state index in [1.165, 1.54) is 24.3 Å². The normalized spacial score (nSPS) is 12.2.